The number of esters is 3. The van der Waals surface area contributed by atoms with E-state index in [0.29, 0.717) is 5.52 Å². The standard InChI is InChI=1S/C20H22N2O7/c1-11(15(18(24)27-2)19(25)28-3)16(20(26)29-4)22-17(23)13-9-12-7-5-6-8-14(12)21-10-13/h5-11,15-16H,1-4H3,(H,22,23)/t11-,16-/m0/s1. The van der Waals surface area contributed by atoms with Crippen LogP contribution in [0.25, 0.3) is 10.9 Å². The summed E-state index contributed by atoms with van der Waals surface area (Å²) in [6.45, 7) is 1.44. The zero-order valence-corrected chi connectivity index (χ0v) is 16.5. The number of carbonyl (C=O) groups excluding carboxylic acids is 4. The summed E-state index contributed by atoms with van der Waals surface area (Å²) >= 11 is 0. The Bertz CT molecular complexity index is 912. The quantitative estimate of drug-likeness (QED) is 0.415. The number of nitrogens with zero attached hydrogens (tertiary/aromatic N) is 1. The zero-order chi connectivity index (χ0) is 21.6. The highest BCUT2D eigenvalue weighted by molar-refractivity contribution is 6.00. The molecule has 154 valence electrons. The van der Waals surface area contributed by atoms with Crippen LogP contribution in [0.2, 0.25) is 0 Å². The molecular formula is C20H22N2O7. The molecule has 0 unspecified atom stereocenters. The Morgan fingerprint density at radius 2 is 1.52 bits per heavy atom. The number of amides is 1. The number of aromatic nitrogens is 1. The molecule has 29 heavy (non-hydrogen) atoms. The lowest BCUT2D eigenvalue weighted by Crippen LogP contribution is -2.51. The van der Waals surface area contributed by atoms with E-state index < -0.39 is 41.7 Å². The van der Waals surface area contributed by atoms with Crippen LogP contribution < -0.4 is 5.32 Å². The minimum atomic E-state index is -1.43. The van der Waals surface area contributed by atoms with Crippen LogP contribution in [0, 0.1) is 11.8 Å². The topological polar surface area (TPSA) is 121 Å². The van der Waals surface area contributed by atoms with E-state index >= 15 is 0 Å². The van der Waals surface area contributed by atoms with Crippen LogP contribution in [0.1, 0.15) is 17.3 Å². The fourth-order valence-electron chi connectivity index (χ4n) is 2.92. The van der Waals surface area contributed by atoms with E-state index in [0.717, 1.165) is 26.7 Å². The van der Waals surface area contributed by atoms with Gasteiger partial charge in [-0.2, -0.15) is 0 Å². The average molecular weight is 402 g/mol. The van der Waals surface area contributed by atoms with E-state index in [4.69, 9.17) is 4.74 Å². The lowest BCUT2D eigenvalue weighted by atomic mass is 9.87. The summed E-state index contributed by atoms with van der Waals surface area (Å²) in [7, 11) is 3.35. The van der Waals surface area contributed by atoms with E-state index in [2.05, 4.69) is 19.8 Å². The summed E-state index contributed by atoms with van der Waals surface area (Å²) in [5.74, 6) is -5.64. The van der Waals surface area contributed by atoms with Gasteiger partial charge in [0.05, 0.1) is 32.4 Å². The fourth-order valence-corrected chi connectivity index (χ4v) is 2.92. The Labute approximate surface area is 167 Å². The van der Waals surface area contributed by atoms with Crippen molar-refractivity contribution in [2.45, 2.75) is 13.0 Å². The van der Waals surface area contributed by atoms with Gasteiger partial charge in [-0.1, -0.05) is 25.1 Å². The highest BCUT2D eigenvalue weighted by atomic mass is 16.5. The van der Waals surface area contributed by atoms with E-state index in [-0.39, 0.29) is 5.56 Å². The highest BCUT2D eigenvalue weighted by Crippen LogP contribution is 2.21. The Morgan fingerprint density at radius 3 is 2.10 bits per heavy atom. The van der Waals surface area contributed by atoms with Crippen molar-refractivity contribution in [3.8, 4) is 0 Å². The van der Waals surface area contributed by atoms with E-state index in [1.54, 1.807) is 18.2 Å². The second kappa shape index (κ2) is 9.63. The number of benzene rings is 1. The maximum atomic E-state index is 12.7. The van der Waals surface area contributed by atoms with Crippen molar-refractivity contribution in [1.29, 1.82) is 0 Å². The van der Waals surface area contributed by atoms with Crippen molar-refractivity contribution in [3.05, 3.63) is 42.1 Å². The normalized spacial score (nSPS) is 12.7. The Balaban J connectivity index is 2.33. The van der Waals surface area contributed by atoms with Crippen LogP contribution in [0.5, 0.6) is 0 Å². The minimum Gasteiger partial charge on any atom is -0.468 e. The van der Waals surface area contributed by atoms with Gasteiger partial charge in [0.15, 0.2) is 5.92 Å². The summed E-state index contributed by atoms with van der Waals surface area (Å²) in [6, 6.07) is 7.54. The predicted octanol–water partition coefficient (Wildman–Crippen LogP) is 1.10. The number of nitrogens with one attached hydrogen (secondary N) is 1. The maximum absolute atomic E-state index is 12.7. The van der Waals surface area contributed by atoms with Gasteiger partial charge < -0.3 is 19.5 Å². The van der Waals surface area contributed by atoms with Gasteiger partial charge in [-0.25, -0.2) is 4.79 Å². The molecule has 0 aliphatic heterocycles. The Kier molecular flexibility index (Phi) is 7.24. The lowest BCUT2D eigenvalue weighted by molar-refractivity contribution is -0.162. The van der Waals surface area contributed by atoms with Gasteiger partial charge in [0.25, 0.3) is 5.91 Å². The first-order valence-electron chi connectivity index (χ1n) is 8.73. The van der Waals surface area contributed by atoms with Gasteiger partial charge in [0, 0.05) is 17.5 Å². The van der Waals surface area contributed by atoms with Gasteiger partial charge in [-0.05, 0) is 12.1 Å². The SMILES string of the molecule is COC(=O)C(C(=O)OC)[C@H](C)[C@H](NC(=O)c1cnc2ccccc2c1)C(=O)OC. The van der Waals surface area contributed by atoms with Gasteiger partial charge in [0.2, 0.25) is 0 Å². The third-order valence-electron chi connectivity index (χ3n) is 4.56. The van der Waals surface area contributed by atoms with Crippen molar-refractivity contribution in [1.82, 2.24) is 10.3 Å². The predicted molar refractivity (Wildman–Crippen MR) is 102 cm³/mol. The molecule has 2 aromatic rings. The van der Waals surface area contributed by atoms with Gasteiger partial charge in [-0.15, -0.1) is 0 Å². The van der Waals surface area contributed by atoms with Crippen LogP contribution >= 0.6 is 0 Å². The second-order valence-corrected chi connectivity index (χ2v) is 6.27. The van der Waals surface area contributed by atoms with Crippen molar-refractivity contribution >= 4 is 34.7 Å². The first-order chi connectivity index (χ1) is 13.8. The average Bonchev–Trinajstić information content (AvgIpc) is 2.75. The van der Waals surface area contributed by atoms with Crippen molar-refractivity contribution in [2.24, 2.45) is 11.8 Å². The molecule has 0 aliphatic carbocycles. The number of para-hydroxylation sites is 1. The number of methoxy groups -OCH3 is 3. The summed E-state index contributed by atoms with van der Waals surface area (Å²) in [6.07, 6.45) is 1.37. The smallest absolute Gasteiger partial charge is 0.328 e. The van der Waals surface area contributed by atoms with Crippen LogP contribution in [0.3, 0.4) is 0 Å². The van der Waals surface area contributed by atoms with Crippen molar-refractivity contribution in [3.63, 3.8) is 0 Å². The number of fused-ring (bicyclic) bond motifs is 1. The molecule has 2 rings (SSSR count). The molecule has 0 radical (unpaired) electrons. The molecular weight excluding hydrogens is 380 g/mol. The Morgan fingerprint density at radius 1 is 0.931 bits per heavy atom. The van der Waals surface area contributed by atoms with Crippen molar-refractivity contribution < 1.29 is 33.4 Å². The molecule has 1 aromatic heterocycles. The molecule has 0 saturated heterocycles. The second-order valence-electron chi connectivity index (χ2n) is 6.27. The zero-order valence-electron chi connectivity index (χ0n) is 16.5. The number of hydrogen-bond donors (Lipinski definition) is 1. The molecule has 1 N–H and O–H groups in total. The van der Waals surface area contributed by atoms with Gasteiger partial charge in [-0.3, -0.25) is 19.4 Å². The molecule has 1 aromatic carbocycles. The number of hydrogen-bond acceptors (Lipinski definition) is 8. The van der Waals surface area contributed by atoms with Gasteiger partial charge in [0.1, 0.15) is 6.04 Å². The monoisotopic (exact) mass is 402 g/mol. The number of carbonyl (C=O) groups is 4. The first-order valence-corrected chi connectivity index (χ1v) is 8.73. The number of pyridine rings is 1. The lowest BCUT2D eigenvalue weighted by Gasteiger charge is -2.27. The van der Waals surface area contributed by atoms with Crippen LogP contribution in [-0.4, -0.2) is 56.2 Å². The third-order valence-corrected chi connectivity index (χ3v) is 4.56. The molecule has 1 amide bonds. The van der Waals surface area contributed by atoms with Crippen LogP contribution in [-0.2, 0) is 28.6 Å². The molecule has 9 nitrogen and oxygen atoms in total. The number of ether oxygens (including phenoxy) is 3. The van der Waals surface area contributed by atoms with Crippen LogP contribution in [0.15, 0.2) is 36.5 Å². The van der Waals surface area contributed by atoms with Crippen molar-refractivity contribution in [2.75, 3.05) is 21.3 Å². The molecule has 9 heteroatoms. The minimum absolute atomic E-state index is 0.206. The summed E-state index contributed by atoms with van der Waals surface area (Å²) in [5, 5.41) is 3.26. The largest absolute Gasteiger partial charge is 0.468 e. The maximum Gasteiger partial charge on any atom is 0.328 e. The molecule has 0 saturated carbocycles. The van der Waals surface area contributed by atoms with E-state index in [1.807, 2.05) is 12.1 Å². The molecule has 0 aliphatic rings. The van der Waals surface area contributed by atoms with Crippen LogP contribution in [0.4, 0.5) is 0 Å². The summed E-state index contributed by atoms with van der Waals surface area (Å²) in [4.78, 5) is 53.4. The third kappa shape index (κ3) is 4.87. The molecule has 1 heterocycles. The molecule has 0 fully saturated rings. The van der Waals surface area contributed by atoms with E-state index in [1.165, 1.54) is 13.1 Å². The van der Waals surface area contributed by atoms with Gasteiger partial charge >= 0.3 is 17.9 Å². The molecule has 0 bridgehead atoms. The first kappa shape index (κ1) is 21.8. The summed E-state index contributed by atoms with van der Waals surface area (Å²) < 4.78 is 14.0. The molecule has 2 atom stereocenters. The summed E-state index contributed by atoms with van der Waals surface area (Å²) in [5.41, 5.74) is 0.913. The Hall–Kier alpha value is -3.49. The molecule has 0 spiro atoms. The van der Waals surface area contributed by atoms with E-state index in [9.17, 15) is 19.2 Å². The fraction of sp³-hybridized carbons (Fsp3) is 0.350. The number of rotatable bonds is 7. The highest BCUT2D eigenvalue weighted by Gasteiger charge is 2.42.